The highest BCUT2D eigenvalue weighted by molar-refractivity contribution is 5.70. The first-order valence-electron chi connectivity index (χ1n) is 6.28. The molecule has 0 aliphatic carbocycles. The summed E-state index contributed by atoms with van der Waals surface area (Å²) in [6.07, 6.45) is 0.909. The van der Waals surface area contributed by atoms with Crippen molar-refractivity contribution in [3.05, 3.63) is 29.8 Å². The molecule has 0 bridgehead atoms. The lowest BCUT2D eigenvalue weighted by Gasteiger charge is -2.11. The van der Waals surface area contributed by atoms with E-state index in [2.05, 4.69) is 0 Å². The summed E-state index contributed by atoms with van der Waals surface area (Å²) in [5.74, 6) is 0.608. The van der Waals surface area contributed by atoms with Gasteiger partial charge in [-0.3, -0.25) is 4.79 Å². The second-order valence-corrected chi connectivity index (χ2v) is 4.05. The van der Waals surface area contributed by atoms with Gasteiger partial charge in [0.2, 0.25) is 0 Å². The Morgan fingerprint density at radius 1 is 1.22 bits per heavy atom. The number of carbonyl (C=O) groups is 1. The normalized spacial score (nSPS) is 11.9. The van der Waals surface area contributed by atoms with Gasteiger partial charge in [0.05, 0.1) is 19.6 Å². The summed E-state index contributed by atoms with van der Waals surface area (Å²) in [5.41, 5.74) is 6.99. The quantitative estimate of drug-likeness (QED) is 0.752. The van der Waals surface area contributed by atoms with Gasteiger partial charge >= 0.3 is 5.97 Å². The number of hydrogen-bond donors (Lipinski definition) is 1. The first-order chi connectivity index (χ1) is 8.65. The Hall–Kier alpha value is -1.55. The molecule has 0 radical (unpaired) electrons. The fraction of sp³-hybridized carbons (Fsp3) is 0.500. The zero-order valence-electron chi connectivity index (χ0n) is 11.0. The molecule has 0 heterocycles. The lowest BCUT2D eigenvalue weighted by Crippen LogP contribution is -2.27. The molecule has 100 valence electrons. The van der Waals surface area contributed by atoms with Crippen molar-refractivity contribution in [1.29, 1.82) is 0 Å². The van der Waals surface area contributed by atoms with Gasteiger partial charge in [-0.25, -0.2) is 0 Å². The van der Waals surface area contributed by atoms with E-state index in [0.29, 0.717) is 19.6 Å². The van der Waals surface area contributed by atoms with Gasteiger partial charge in [0.15, 0.2) is 0 Å². The van der Waals surface area contributed by atoms with Gasteiger partial charge in [-0.2, -0.15) is 0 Å². The van der Waals surface area contributed by atoms with Gasteiger partial charge in [0.1, 0.15) is 5.75 Å². The van der Waals surface area contributed by atoms with Crippen LogP contribution in [0.1, 0.15) is 25.8 Å². The predicted molar refractivity (Wildman–Crippen MR) is 70.5 cm³/mol. The molecule has 1 atom stereocenters. The fourth-order valence-corrected chi connectivity index (χ4v) is 1.70. The summed E-state index contributed by atoms with van der Waals surface area (Å²) in [7, 11) is 0. The Kier molecular flexibility index (Phi) is 6.22. The lowest BCUT2D eigenvalue weighted by atomic mass is 10.0. The lowest BCUT2D eigenvalue weighted by molar-refractivity contribution is -0.143. The molecule has 18 heavy (non-hydrogen) atoms. The van der Waals surface area contributed by atoms with Crippen LogP contribution in [-0.2, 0) is 16.0 Å². The molecular formula is C14H21NO3. The molecule has 0 saturated carbocycles. The van der Waals surface area contributed by atoms with Crippen LogP contribution < -0.4 is 10.5 Å². The second kappa shape index (κ2) is 7.71. The van der Waals surface area contributed by atoms with E-state index >= 15 is 0 Å². The first kappa shape index (κ1) is 14.5. The van der Waals surface area contributed by atoms with E-state index in [0.717, 1.165) is 11.3 Å². The largest absolute Gasteiger partial charge is 0.494 e. The number of esters is 1. The van der Waals surface area contributed by atoms with E-state index in [4.69, 9.17) is 15.2 Å². The van der Waals surface area contributed by atoms with E-state index in [1.165, 1.54) is 0 Å². The van der Waals surface area contributed by atoms with Crippen LogP contribution in [0.4, 0.5) is 0 Å². The van der Waals surface area contributed by atoms with E-state index in [9.17, 15) is 4.79 Å². The zero-order chi connectivity index (χ0) is 13.4. The monoisotopic (exact) mass is 251 g/mol. The number of benzene rings is 1. The molecule has 0 amide bonds. The van der Waals surface area contributed by atoms with Crippen molar-refractivity contribution < 1.29 is 14.3 Å². The van der Waals surface area contributed by atoms with Crippen LogP contribution in [0.25, 0.3) is 0 Å². The van der Waals surface area contributed by atoms with Crippen LogP contribution in [0.3, 0.4) is 0 Å². The fourth-order valence-electron chi connectivity index (χ4n) is 1.70. The molecule has 0 fully saturated rings. The molecule has 1 aromatic rings. The third kappa shape index (κ3) is 5.19. The number of carbonyl (C=O) groups excluding carboxylic acids is 1. The van der Waals surface area contributed by atoms with Crippen molar-refractivity contribution >= 4 is 5.97 Å². The van der Waals surface area contributed by atoms with Crippen LogP contribution in [0.2, 0.25) is 0 Å². The topological polar surface area (TPSA) is 61.5 Å². The molecule has 0 saturated heterocycles. The molecule has 4 nitrogen and oxygen atoms in total. The average Bonchev–Trinajstić information content (AvgIpc) is 2.32. The molecule has 1 rings (SSSR count). The Balaban J connectivity index is 2.43. The van der Waals surface area contributed by atoms with Crippen molar-refractivity contribution in [1.82, 2.24) is 0 Å². The van der Waals surface area contributed by atoms with Crippen LogP contribution in [-0.4, -0.2) is 25.2 Å². The van der Waals surface area contributed by atoms with Gasteiger partial charge < -0.3 is 15.2 Å². The summed E-state index contributed by atoms with van der Waals surface area (Å²) in [6, 6.07) is 7.56. The van der Waals surface area contributed by atoms with Gasteiger partial charge in [-0.1, -0.05) is 12.1 Å². The van der Waals surface area contributed by atoms with Crippen molar-refractivity contribution in [2.45, 2.75) is 32.7 Å². The summed E-state index contributed by atoms with van der Waals surface area (Å²) in [6.45, 7) is 4.79. The first-order valence-corrected chi connectivity index (χ1v) is 6.28. The zero-order valence-corrected chi connectivity index (χ0v) is 11.0. The van der Waals surface area contributed by atoms with Crippen molar-refractivity contribution in [2.24, 2.45) is 5.73 Å². The van der Waals surface area contributed by atoms with E-state index < -0.39 is 0 Å². The van der Waals surface area contributed by atoms with Gasteiger partial charge in [-0.15, -0.1) is 0 Å². The van der Waals surface area contributed by atoms with E-state index in [1.807, 2.05) is 31.2 Å². The van der Waals surface area contributed by atoms with Gasteiger partial charge in [0, 0.05) is 6.04 Å². The second-order valence-electron chi connectivity index (χ2n) is 4.05. The number of hydrogen-bond acceptors (Lipinski definition) is 4. The minimum Gasteiger partial charge on any atom is -0.494 e. The maximum absolute atomic E-state index is 11.3. The summed E-state index contributed by atoms with van der Waals surface area (Å²) < 4.78 is 10.2. The molecule has 0 aliphatic rings. The van der Waals surface area contributed by atoms with Crippen molar-refractivity contribution in [2.75, 3.05) is 13.2 Å². The Bertz CT molecular complexity index is 362. The van der Waals surface area contributed by atoms with E-state index in [1.54, 1.807) is 6.92 Å². The SMILES string of the molecule is CCOC(=O)CC(N)Cc1ccc(OCC)cc1. The van der Waals surface area contributed by atoms with Crippen LogP contribution in [0, 0.1) is 0 Å². The number of ether oxygens (including phenoxy) is 2. The predicted octanol–water partition coefficient (Wildman–Crippen LogP) is 1.91. The van der Waals surface area contributed by atoms with Crippen molar-refractivity contribution in [3.8, 4) is 5.75 Å². The van der Waals surface area contributed by atoms with E-state index in [-0.39, 0.29) is 18.4 Å². The third-order valence-electron chi connectivity index (χ3n) is 2.47. The van der Waals surface area contributed by atoms with Crippen LogP contribution >= 0.6 is 0 Å². The van der Waals surface area contributed by atoms with Crippen LogP contribution in [0.15, 0.2) is 24.3 Å². The maximum Gasteiger partial charge on any atom is 0.307 e. The summed E-state index contributed by atoms with van der Waals surface area (Å²) >= 11 is 0. The maximum atomic E-state index is 11.3. The molecule has 2 N–H and O–H groups in total. The smallest absolute Gasteiger partial charge is 0.307 e. The average molecular weight is 251 g/mol. The minimum atomic E-state index is -0.240. The molecule has 1 unspecified atom stereocenters. The van der Waals surface area contributed by atoms with Crippen molar-refractivity contribution in [3.63, 3.8) is 0 Å². The molecule has 0 spiro atoms. The minimum absolute atomic E-state index is 0.206. The molecule has 4 heteroatoms. The standard InChI is InChI=1S/C14H21NO3/c1-3-17-13-7-5-11(6-8-13)9-12(15)10-14(16)18-4-2/h5-8,12H,3-4,9-10,15H2,1-2H3. The molecule has 0 aliphatic heterocycles. The number of nitrogens with two attached hydrogens (primary N) is 1. The molecule has 0 aromatic heterocycles. The number of rotatable bonds is 7. The molecular weight excluding hydrogens is 230 g/mol. The Morgan fingerprint density at radius 3 is 2.44 bits per heavy atom. The van der Waals surface area contributed by atoms with Crippen LogP contribution in [0.5, 0.6) is 5.75 Å². The highest BCUT2D eigenvalue weighted by Crippen LogP contribution is 2.13. The van der Waals surface area contributed by atoms with Gasteiger partial charge in [0.25, 0.3) is 0 Å². The Morgan fingerprint density at radius 2 is 1.89 bits per heavy atom. The molecule has 1 aromatic carbocycles. The Labute approximate surface area is 108 Å². The summed E-state index contributed by atoms with van der Waals surface area (Å²) in [5, 5.41) is 0. The summed E-state index contributed by atoms with van der Waals surface area (Å²) in [4.78, 5) is 11.3. The highest BCUT2D eigenvalue weighted by Gasteiger charge is 2.10. The third-order valence-corrected chi connectivity index (χ3v) is 2.47. The highest BCUT2D eigenvalue weighted by atomic mass is 16.5. The van der Waals surface area contributed by atoms with Gasteiger partial charge in [-0.05, 0) is 38.0 Å².